The molecule has 84 valence electrons. The summed E-state index contributed by atoms with van der Waals surface area (Å²) in [5.41, 5.74) is 6.82. The number of anilines is 1. The summed E-state index contributed by atoms with van der Waals surface area (Å²) in [7, 11) is 1.53. The van der Waals surface area contributed by atoms with E-state index in [1.807, 2.05) is 0 Å². The van der Waals surface area contributed by atoms with Crippen LogP contribution in [0.15, 0.2) is 18.2 Å². The van der Waals surface area contributed by atoms with Gasteiger partial charge in [0.2, 0.25) is 0 Å². The number of carbonyl (C=O) groups is 1. The minimum Gasteiger partial charge on any atom is -0.495 e. The molecule has 0 atom stereocenters. The van der Waals surface area contributed by atoms with Gasteiger partial charge in [-0.3, -0.25) is 0 Å². The lowest BCUT2D eigenvalue weighted by Gasteiger charge is -2.03. The van der Waals surface area contributed by atoms with Gasteiger partial charge in [0.05, 0.1) is 19.2 Å². The smallest absolute Gasteiger partial charge is 0.405 e. The van der Waals surface area contributed by atoms with Crippen LogP contribution >= 0.6 is 0 Å². The Kier molecular flexibility index (Phi) is 4.04. The fraction of sp³-hybridized carbons (Fsp3) is 0.182. The summed E-state index contributed by atoms with van der Waals surface area (Å²) in [6.45, 7) is 0.0628. The monoisotopic (exact) mass is 220 g/mol. The van der Waals surface area contributed by atoms with Crippen LogP contribution in [-0.2, 0) is 0 Å². The van der Waals surface area contributed by atoms with Crippen LogP contribution in [0.1, 0.15) is 5.56 Å². The number of hydrogen-bond donors (Lipinski definition) is 3. The van der Waals surface area contributed by atoms with Crippen molar-refractivity contribution in [2.45, 2.75) is 0 Å². The van der Waals surface area contributed by atoms with Crippen LogP contribution in [0.3, 0.4) is 0 Å². The Balaban J connectivity index is 2.78. The zero-order chi connectivity index (χ0) is 12.0. The first-order valence-corrected chi connectivity index (χ1v) is 4.52. The summed E-state index contributed by atoms with van der Waals surface area (Å²) in [5.74, 6) is 6.05. The zero-order valence-electron chi connectivity index (χ0n) is 8.78. The molecule has 16 heavy (non-hydrogen) atoms. The standard InChI is InChI=1S/C11H12N2O3/c1-16-10-5-4-9(12)7-8(10)3-2-6-13-11(14)15/h4-5,7,13H,6,12H2,1H3,(H,14,15). The van der Waals surface area contributed by atoms with Crippen molar-refractivity contribution in [3.63, 3.8) is 0 Å². The molecule has 4 N–H and O–H groups in total. The Hall–Kier alpha value is -2.35. The molecule has 5 heteroatoms. The minimum atomic E-state index is -1.10. The average Bonchev–Trinajstić information content (AvgIpc) is 2.24. The number of methoxy groups -OCH3 is 1. The van der Waals surface area contributed by atoms with Crippen molar-refractivity contribution in [3.05, 3.63) is 23.8 Å². The molecule has 1 amide bonds. The first kappa shape index (κ1) is 11.7. The van der Waals surface area contributed by atoms with E-state index in [4.69, 9.17) is 15.6 Å². The highest BCUT2D eigenvalue weighted by atomic mass is 16.5. The van der Waals surface area contributed by atoms with Crippen molar-refractivity contribution < 1.29 is 14.6 Å². The van der Waals surface area contributed by atoms with E-state index >= 15 is 0 Å². The van der Waals surface area contributed by atoms with Gasteiger partial charge in [-0.1, -0.05) is 11.8 Å². The quantitative estimate of drug-likeness (QED) is 0.510. The molecule has 0 aromatic heterocycles. The van der Waals surface area contributed by atoms with E-state index < -0.39 is 6.09 Å². The van der Waals surface area contributed by atoms with Gasteiger partial charge >= 0.3 is 6.09 Å². The second kappa shape index (κ2) is 5.51. The maximum absolute atomic E-state index is 10.2. The number of ether oxygens (including phenoxy) is 1. The van der Waals surface area contributed by atoms with Gasteiger partial charge < -0.3 is 20.9 Å². The van der Waals surface area contributed by atoms with Crippen molar-refractivity contribution >= 4 is 11.8 Å². The number of amides is 1. The zero-order valence-corrected chi connectivity index (χ0v) is 8.78. The fourth-order valence-electron chi connectivity index (χ4n) is 1.08. The third-order valence-corrected chi connectivity index (χ3v) is 1.77. The molecule has 1 rings (SSSR count). The molecule has 0 unspecified atom stereocenters. The lowest BCUT2D eigenvalue weighted by Crippen LogP contribution is -2.20. The van der Waals surface area contributed by atoms with Crippen LogP contribution < -0.4 is 15.8 Å². The lowest BCUT2D eigenvalue weighted by atomic mass is 10.2. The summed E-state index contributed by atoms with van der Waals surface area (Å²) in [5, 5.41) is 10.5. The van der Waals surface area contributed by atoms with E-state index in [1.165, 1.54) is 7.11 Å². The second-order valence-corrected chi connectivity index (χ2v) is 2.92. The van der Waals surface area contributed by atoms with Crippen molar-refractivity contribution in [2.24, 2.45) is 0 Å². The van der Waals surface area contributed by atoms with Crippen molar-refractivity contribution in [3.8, 4) is 17.6 Å². The highest BCUT2D eigenvalue weighted by Gasteiger charge is 1.99. The van der Waals surface area contributed by atoms with Gasteiger partial charge in [0, 0.05) is 5.69 Å². The summed E-state index contributed by atoms with van der Waals surface area (Å²) in [6, 6.07) is 5.09. The molecular formula is C11H12N2O3. The molecule has 0 aliphatic heterocycles. The molecule has 0 heterocycles. The van der Waals surface area contributed by atoms with E-state index in [0.717, 1.165) is 0 Å². The minimum absolute atomic E-state index is 0.0628. The van der Waals surface area contributed by atoms with Gasteiger partial charge in [0.25, 0.3) is 0 Å². The van der Waals surface area contributed by atoms with Gasteiger partial charge in [0.15, 0.2) is 0 Å². The van der Waals surface area contributed by atoms with Gasteiger partial charge in [-0.2, -0.15) is 0 Å². The molecule has 0 fully saturated rings. The van der Waals surface area contributed by atoms with E-state index in [1.54, 1.807) is 18.2 Å². The Labute approximate surface area is 93.2 Å². The predicted molar refractivity (Wildman–Crippen MR) is 60.3 cm³/mol. The molecule has 0 aliphatic carbocycles. The molecule has 0 spiro atoms. The van der Waals surface area contributed by atoms with Crippen LogP contribution in [0.25, 0.3) is 0 Å². The Bertz CT molecular complexity index is 446. The SMILES string of the molecule is COc1ccc(N)cc1C#CCNC(=O)O. The van der Waals surface area contributed by atoms with Crippen molar-refractivity contribution in [1.82, 2.24) is 5.32 Å². The average molecular weight is 220 g/mol. The molecule has 1 aromatic rings. The van der Waals surface area contributed by atoms with E-state index in [0.29, 0.717) is 17.0 Å². The largest absolute Gasteiger partial charge is 0.495 e. The summed E-state index contributed by atoms with van der Waals surface area (Å²) in [6.07, 6.45) is -1.10. The first-order chi connectivity index (χ1) is 7.63. The van der Waals surface area contributed by atoms with Crippen LogP contribution in [0.5, 0.6) is 5.75 Å². The molecule has 0 saturated heterocycles. The van der Waals surface area contributed by atoms with Gasteiger partial charge in [-0.05, 0) is 18.2 Å². The highest BCUT2D eigenvalue weighted by molar-refractivity contribution is 5.65. The van der Waals surface area contributed by atoms with Crippen LogP contribution in [-0.4, -0.2) is 24.9 Å². The molecular weight excluding hydrogens is 208 g/mol. The Morgan fingerprint density at radius 1 is 1.62 bits per heavy atom. The number of nitrogens with one attached hydrogen (secondary N) is 1. The highest BCUT2D eigenvalue weighted by Crippen LogP contribution is 2.19. The molecule has 0 saturated carbocycles. The maximum Gasteiger partial charge on any atom is 0.405 e. The van der Waals surface area contributed by atoms with Crippen LogP contribution in [0.2, 0.25) is 0 Å². The Morgan fingerprint density at radius 2 is 2.38 bits per heavy atom. The maximum atomic E-state index is 10.2. The summed E-state index contributed by atoms with van der Waals surface area (Å²) >= 11 is 0. The molecule has 0 aliphatic rings. The topological polar surface area (TPSA) is 84.6 Å². The number of nitrogens with two attached hydrogens (primary N) is 1. The molecule has 0 bridgehead atoms. The van der Waals surface area contributed by atoms with Gasteiger partial charge in [0.1, 0.15) is 5.75 Å². The normalized spacial score (nSPS) is 8.81. The third kappa shape index (κ3) is 3.42. The number of hydrogen-bond acceptors (Lipinski definition) is 3. The van der Waals surface area contributed by atoms with Crippen LogP contribution in [0, 0.1) is 11.8 Å². The third-order valence-electron chi connectivity index (χ3n) is 1.77. The molecule has 5 nitrogen and oxygen atoms in total. The number of nitrogen functional groups attached to an aromatic ring is 1. The summed E-state index contributed by atoms with van der Waals surface area (Å²) < 4.78 is 5.08. The number of benzene rings is 1. The number of carboxylic acid groups (broad SMARTS) is 1. The van der Waals surface area contributed by atoms with Gasteiger partial charge in [-0.25, -0.2) is 4.79 Å². The summed E-state index contributed by atoms with van der Waals surface area (Å²) in [4.78, 5) is 10.2. The van der Waals surface area contributed by atoms with Crippen molar-refractivity contribution in [2.75, 3.05) is 19.4 Å². The van der Waals surface area contributed by atoms with E-state index in [-0.39, 0.29) is 6.54 Å². The Morgan fingerprint density at radius 3 is 3.00 bits per heavy atom. The fourth-order valence-corrected chi connectivity index (χ4v) is 1.08. The van der Waals surface area contributed by atoms with Crippen molar-refractivity contribution in [1.29, 1.82) is 0 Å². The lowest BCUT2D eigenvalue weighted by molar-refractivity contribution is 0.196. The number of rotatable bonds is 2. The first-order valence-electron chi connectivity index (χ1n) is 4.52. The van der Waals surface area contributed by atoms with E-state index in [2.05, 4.69) is 17.2 Å². The van der Waals surface area contributed by atoms with E-state index in [9.17, 15) is 4.79 Å². The van der Waals surface area contributed by atoms with Gasteiger partial charge in [-0.15, -0.1) is 0 Å². The second-order valence-electron chi connectivity index (χ2n) is 2.92. The van der Waals surface area contributed by atoms with Crippen LogP contribution in [0.4, 0.5) is 10.5 Å². The molecule has 0 radical (unpaired) electrons. The molecule has 1 aromatic carbocycles. The predicted octanol–water partition coefficient (Wildman–Crippen LogP) is 0.897.